The molecule has 0 saturated heterocycles. The molecule has 0 rings (SSSR count). The van der Waals surface area contributed by atoms with Gasteiger partial charge in [0.05, 0.1) is 0 Å². The van der Waals surface area contributed by atoms with Crippen molar-refractivity contribution in [2.24, 2.45) is 0 Å². The summed E-state index contributed by atoms with van der Waals surface area (Å²) in [4.78, 5) is 38.2. The first-order valence-electron chi connectivity index (χ1n) is 29.6. The quantitative estimate of drug-likeness (QED) is 0.0262. The van der Waals surface area contributed by atoms with E-state index in [2.05, 4.69) is 69.4 Å². The maximum Gasteiger partial charge on any atom is 0.306 e. The maximum atomic E-state index is 12.9. The van der Waals surface area contributed by atoms with E-state index >= 15 is 0 Å². The van der Waals surface area contributed by atoms with Gasteiger partial charge in [-0.25, -0.2) is 0 Å². The van der Waals surface area contributed by atoms with Gasteiger partial charge in [-0.2, -0.15) is 0 Å². The zero-order valence-corrected chi connectivity index (χ0v) is 45.4. The largest absolute Gasteiger partial charge is 0.462 e. The third-order valence-corrected chi connectivity index (χ3v) is 13.1. The van der Waals surface area contributed by atoms with Gasteiger partial charge in [0.2, 0.25) is 0 Å². The van der Waals surface area contributed by atoms with Crippen molar-refractivity contribution in [3.05, 3.63) is 48.6 Å². The summed E-state index contributed by atoms with van der Waals surface area (Å²) in [5, 5.41) is 0. The number of allylic oxidation sites excluding steroid dienone is 8. The minimum Gasteiger partial charge on any atom is -0.462 e. The van der Waals surface area contributed by atoms with E-state index in [0.29, 0.717) is 19.3 Å². The van der Waals surface area contributed by atoms with Crippen LogP contribution in [0.3, 0.4) is 0 Å². The second kappa shape index (κ2) is 57.0. The van der Waals surface area contributed by atoms with Crippen molar-refractivity contribution in [3.63, 3.8) is 0 Å². The highest BCUT2D eigenvalue weighted by Gasteiger charge is 2.19. The average Bonchev–Trinajstić information content (AvgIpc) is 3.34. The third kappa shape index (κ3) is 54.3. The molecule has 6 heteroatoms. The minimum atomic E-state index is -0.777. The molecule has 68 heavy (non-hydrogen) atoms. The normalized spacial score (nSPS) is 12.3. The fourth-order valence-corrected chi connectivity index (χ4v) is 8.56. The van der Waals surface area contributed by atoms with E-state index in [1.807, 2.05) is 0 Å². The van der Waals surface area contributed by atoms with Crippen LogP contribution in [0.15, 0.2) is 48.6 Å². The van der Waals surface area contributed by atoms with Crippen molar-refractivity contribution in [1.82, 2.24) is 0 Å². The summed E-state index contributed by atoms with van der Waals surface area (Å²) in [6, 6.07) is 0. The number of ether oxygens (including phenoxy) is 3. The molecular weight excluding hydrogens is 841 g/mol. The molecule has 0 fully saturated rings. The monoisotopic (exact) mass is 953 g/mol. The summed E-state index contributed by atoms with van der Waals surface area (Å²) in [7, 11) is 0. The topological polar surface area (TPSA) is 78.9 Å². The number of carbonyl (C=O) groups excluding carboxylic acids is 3. The highest BCUT2D eigenvalue weighted by molar-refractivity contribution is 5.71. The first-order chi connectivity index (χ1) is 33.5. The van der Waals surface area contributed by atoms with E-state index < -0.39 is 6.10 Å². The fourth-order valence-electron chi connectivity index (χ4n) is 8.56. The van der Waals surface area contributed by atoms with Gasteiger partial charge < -0.3 is 14.2 Å². The Hall–Kier alpha value is -2.63. The molecule has 0 aliphatic heterocycles. The summed E-state index contributed by atoms with van der Waals surface area (Å²) in [6.45, 7) is 6.62. The van der Waals surface area contributed by atoms with Crippen molar-refractivity contribution >= 4 is 17.9 Å². The highest BCUT2D eigenvalue weighted by atomic mass is 16.6. The molecule has 396 valence electrons. The smallest absolute Gasteiger partial charge is 0.306 e. The summed E-state index contributed by atoms with van der Waals surface area (Å²) < 4.78 is 16.9. The lowest BCUT2D eigenvalue weighted by Gasteiger charge is -2.18. The molecule has 0 saturated carbocycles. The molecule has 0 aromatic heterocycles. The molecule has 0 amide bonds. The van der Waals surface area contributed by atoms with Crippen LogP contribution in [-0.4, -0.2) is 37.2 Å². The van der Waals surface area contributed by atoms with Gasteiger partial charge in [0, 0.05) is 19.3 Å². The molecule has 0 N–H and O–H groups in total. The van der Waals surface area contributed by atoms with E-state index in [1.165, 1.54) is 193 Å². The first-order valence-corrected chi connectivity index (χ1v) is 29.6. The van der Waals surface area contributed by atoms with E-state index in [0.717, 1.165) is 77.0 Å². The summed E-state index contributed by atoms with van der Waals surface area (Å²) in [6.07, 6.45) is 69.5. The number of hydrogen-bond donors (Lipinski definition) is 0. The molecule has 0 spiro atoms. The molecule has 0 heterocycles. The van der Waals surface area contributed by atoms with Gasteiger partial charge >= 0.3 is 17.9 Å². The highest BCUT2D eigenvalue weighted by Crippen LogP contribution is 2.16. The lowest BCUT2D eigenvalue weighted by molar-refractivity contribution is -0.167. The fraction of sp³-hybridized carbons (Fsp3) is 0.823. The van der Waals surface area contributed by atoms with E-state index in [1.54, 1.807) is 0 Å². The lowest BCUT2D eigenvalue weighted by Crippen LogP contribution is -2.30. The maximum absolute atomic E-state index is 12.9. The van der Waals surface area contributed by atoms with Crippen LogP contribution in [0.2, 0.25) is 0 Å². The Morgan fingerprint density at radius 2 is 0.529 bits per heavy atom. The first kappa shape index (κ1) is 65.4. The Morgan fingerprint density at radius 1 is 0.294 bits per heavy atom. The zero-order chi connectivity index (χ0) is 49.3. The van der Waals surface area contributed by atoms with Crippen molar-refractivity contribution in [2.45, 2.75) is 316 Å². The van der Waals surface area contributed by atoms with Crippen molar-refractivity contribution in [2.75, 3.05) is 13.2 Å². The predicted molar refractivity (Wildman–Crippen MR) is 293 cm³/mol. The van der Waals surface area contributed by atoms with Crippen LogP contribution in [0, 0.1) is 0 Å². The van der Waals surface area contributed by atoms with E-state index in [9.17, 15) is 14.4 Å². The molecule has 0 bridgehead atoms. The molecule has 0 aliphatic carbocycles. The molecule has 0 unspecified atom stereocenters. The van der Waals surface area contributed by atoms with Crippen molar-refractivity contribution < 1.29 is 28.6 Å². The second-order valence-electron chi connectivity index (χ2n) is 19.9. The van der Waals surface area contributed by atoms with Crippen LogP contribution in [0.4, 0.5) is 0 Å². The Kier molecular flexibility index (Phi) is 54.8. The zero-order valence-electron chi connectivity index (χ0n) is 45.4. The molecule has 0 aliphatic rings. The van der Waals surface area contributed by atoms with Crippen LogP contribution < -0.4 is 0 Å². The van der Waals surface area contributed by atoms with Gasteiger partial charge in [-0.05, 0) is 83.5 Å². The van der Waals surface area contributed by atoms with Crippen molar-refractivity contribution in [1.29, 1.82) is 0 Å². The van der Waals surface area contributed by atoms with E-state index in [4.69, 9.17) is 14.2 Å². The molecule has 0 aromatic rings. The number of unbranched alkanes of at least 4 members (excludes halogenated alkanes) is 35. The van der Waals surface area contributed by atoms with Gasteiger partial charge in [-0.15, -0.1) is 0 Å². The van der Waals surface area contributed by atoms with Crippen molar-refractivity contribution in [3.8, 4) is 0 Å². The Labute approximate surface area is 422 Å². The molecular formula is C62H112O6. The van der Waals surface area contributed by atoms with E-state index in [-0.39, 0.29) is 31.1 Å². The van der Waals surface area contributed by atoms with Gasteiger partial charge in [0.15, 0.2) is 6.10 Å². The number of hydrogen-bond acceptors (Lipinski definition) is 6. The number of esters is 3. The molecule has 1 atom stereocenters. The lowest BCUT2D eigenvalue weighted by atomic mass is 10.0. The molecule has 6 nitrogen and oxygen atoms in total. The SMILES string of the molecule is CCCCC/C=C/C/C=C/CCCCCCCCCCCC(=O)OC[C@@H](COC(=O)CCCCCCCCCCCCCCCC)OC(=O)CCCCCCCCC/C=C/C/C=C/CCCCC. The summed E-state index contributed by atoms with van der Waals surface area (Å²) in [5.41, 5.74) is 0. The summed E-state index contributed by atoms with van der Waals surface area (Å²) in [5.74, 6) is -0.870. The van der Waals surface area contributed by atoms with Crippen LogP contribution in [-0.2, 0) is 28.6 Å². The van der Waals surface area contributed by atoms with Crippen LogP contribution >= 0.6 is 0 Å². The minimum absolute atomic E-state index is 0.0745. The van der Waals surface area contributed by atoms with Gasteiger partial charge in [-0.3, -0.25) is 14.4 Å². The average molecular weight is 954 g/mol. The van der Waals surface area contributed by atoms with Gasteiger partial charge in [-0.1, -0.05) is 256 Å². The predicted octanol–water partition coefficient (Wildman–Crippen LogP) is 19.8. The molecule has 0 radical (unpaired) electrons. The summed E-state index contributed by atoms with van der Waals surface area (Å²) >= 11 is 0. The van der Waals surface area contributed by atoms with Crippen LogP contribution in [0.25, 0.3) is 0 Å². The third-order valence-electron chi connectivity index (χ3n) is 13.1. The molecule has 0 aromatic carbocycles. The Balaban J connectivity index is 4.36. The Bertz CT molecular complexity index is 1190. The van der Waals surface area contributed by atoms with Crippen LogP contribution in [0.1, 0.15) is 310 Å². The number of carbonyl (C=O) groups is 3. The van der Waals surface area contributed by atoms with Gasteiger partial charge in [0.25, 0.3) is 0 Å². The van der Waals surface area contributed by atoms with Gasteiger partial charge in [0.1, 0.15) is 13.2 Å². The standard InChI is InChI=1S/C62H112O6/c1-4-7-10-13-16-19-22-25-28-30-31-33-34-37-40-43-46-49-52-55-61(64)67-58-59(57-66-60(63)54-51-48-45-42-39-36-27-24-21-18-15-12-9-6-3)68-62(65)56-53-50-47-44-41-38-35-32-29-26-23-20-17-14-11-8-5-2/h16-17,19-20,25-26,28-29,59H,4-15,18,21-24,27,30-58H2,1-3H3/b19-16+,20-17+,28-25+,29-26+/t59-/m1/s1. The Morgan fingerprint density at radius 3 is 0.838 bits per heavy atom. The number of rotatable bonds is 54. The second-order valence-corrected chi connectivity index (χ2v) is 19.9. The van der Waals surface area contributed by atoms with Crippen LogP contribution in [0.5, 0.6) is 0 Å².